The predicted molar refractivity (Wildman–Crippen MR) is 182 cm³/mol. The first-order valence-electron chi connectivity index (χ1n) is 15.9. The number of carboxylic acids is 2. The van der Waals surface area contributed by atoms with Gasteiger partial charge in [-0.15, -0.1) is 26.3 Å². The van der Waals surface area contributed by atoms with Crippen molar-refractivity contribution in [1.82, 2.24) is 0 Å². The summed E-state index contributed by atoms with van der Waals surface area (Å²) in [5, 5.41) is 18.9. The van der Waals surface area contributed by atoms with Crippen LogP contribution in [0, 0.1) is 23.2 Å². The van der Waals surface area contributed by atoms with E-state index in [1.165, 1.54) is 38.5 Å². The van der Waals surface area contributed by atoms with Gasteiger partial charge in [0.1, 0.15) is 0 Å². The molecule has 0 amide bonds. The first-order chi connectivity index (χ1) is 18.9. The van der Waals surface area contributed by atoms with Crippen LogP contribution in [0.4, 0.5) is 0 Å². The third kappa shape index (κ3) is 22.4. The molecule has 4 atom stereocenters. The number of carboxylic acid groups (broad SMARTS) is 2. The molecule has 0 aliphatic heterocycles. The van der Waals surface area contributed by atoms with Gasteiger partial charge in [0.05, 0.1) is 19.5 Å². The first-order valence-corrected chi connectivity index (χ1v) is 19.4. The molecule has 0 saturated heterocycles. The van der Waals surface area contributed by atoms with Crippen LogP contribution in [0.1, 0.15) is 118 Å². The van der Waals surface area contributed by atoms with Crippen molar-refractivity contribution in [3.63, 3.8) is 0 Å². The van der Waals surface area contributed by atoms with Crippen LogP contribution in [-0.2, 0) is 9.59 Å². The summed E-state index contributed by atoms with van der Waals surface area (Å²) >= 11 is 0. The second-order valence-electron chi connectivity index (χ2n) is 14.5. The smallest absolute Gasteiger partial charge is 0.307 e. The van der Waals surface area contributed by atoms with Crippen molar-refractivity contribution in [3.8, 4) is 0 Å². The van der Waals surface area contributed by atoms with Gasteiger partial charge >= 0.3 is 11.9 Å². The van der Waals surface area contributed by atoms with Gasteiger partial charge in [0.15, 0.2) is 0 Å². The van der Waals surface area contributed by atoms with E-state index in [0.717, 1.165) is 56.1 Å². The van der Waals surface area contributed by atoms with Crippen LogP contribution in [-0.4, -0.2) is 30.2 Å². The van der Waals surface area contributed by atoms with E-state index < -0.39 is 20.0 Å². The summed E-state index contributed by atoms with van der Waals surface area (Å²) in [6.07, 6.45) is 17.8. The lowest BCUT2D eigenvalue weighted by Gasteiger charge is -2.31. The summed E-state index contributed by atoms with van der Waals surface area (Å²) in [6, 6.07) is 0. The number of allylic oxidation sites excluding steroid dienone is 4. The minimum absolute atomic E-state index is 0.0617. The van der Waals surface area contributed by atoms with Gasteiger partial charge in [-0.2, -0.15) is 0 Å². The molecule has 0 radical (unpaired) electrons. The highest BCUT2D eigenvalue weighted by atomic mass is 28.3. The van der Waals surface area contributed by atoms with Crippen molar-refractivity contribution in [2.24, 2.45) is 23.2 Å². The lowest BCUT2D eigenvalue weighted by molar-refractivity contribution is -0.143. The fourth-order valence-corrected chi connectivity index (χ4v) is 7.68. The van der Waals surface area contributed by atoms with Crippen molar-refractivity contribution in [2.75, 3.05) is 0 Å². The molecule has 0 rings (SSSR count). The summed E-state index contributed by atoms with van der Waals surface area (Å²) < 4.78 is 0. The highest BCUT2D eigenvalue weighted by Crippen LogP contribution is 2.34. The standard InChI is InChI=1S/C23H42O2.C13H24O2Si/c1-7-20(17-16-19(2)3)21(22(24)25)15-13-11-9-8-10-12-14-18-23(4,5)6;1-7-11(9-8-10(2)3)12(13(14)15)16(4,5)6/h7,20-21H,1-2,8-18H2,3-6H3,(H,24,25);7,11-12H,1-2,8-9H2,3-6H3,(H,14,15). The van der Waals surface area contributed by atoms with E-state index in [-0.39, 0.29) is 23.3 Å². The van der Waals surface area contributed by atoms with Gasteiger partial charge in [0.2, 0.25) is 0 Å². The van der Waals surface area contributed by atoms with E-state index in [1.54, 1.807) is 6.08 Å². The van der Waals surface area contributed by atoms with Crippen molar-refractivity contribution in [1.29, 1.82) is 0 Å². The molecule has 0 aromatic carbocycles. The Morgan fingerprint density at radius 3 is 1.46 bits per heavy atom. The topological polar surface area (TPSA) is 74.6 Å². The Morgan fingerprint density at radius 2 is 1.12 bits per heavy atom. The van der Waals surface area contributed by atoms with E-state index in [1.807, 2.05) is 19.9 Å². The van der Waals surface area contributed by atoms with E-state index in [2.05, 4.69) is 66.7 Å². The zero-order chi connectivity index (χ0) is 32.2. The lowest BCUT2D eigenvalue weighted by Crippen LogP contribution is -2.38. The quantitative estimate of drug-likeness (QED) is 0.0747. The van der Waals surface area contributed by atoms with E-state index in [9.17, 15) is 19.8 Å². The van der Waals surface area contributed by atoms with E-state index in [0.29, 0.717) is 5.41 Å². The molecule has 238 valence electrons. The van der Waals surface area contributed by atoms with Gasteiger partial charge in [-0.3, -0.25) is 9.59 Å². The molecule has 0 aliphatic carbocycles. The third-order valence-electron chi connectivity index (χ3n) is 7.82. The predicted octanol–water partition coefficient (Wildman–Crippen LogP) is 11.3. The molecule has 0 bridgehead atoms. The van der Waals surface area contributed by atoms with Gasteiger partial charge in [0, 0.05) is 0 Å². The maximum absolute atomic E-state index is 11.6. The molecule has 0 aliphatic rings. The van der Waals surface area contributed by atoms with Crippen LogP contribution in [0.3, 0.4) is 0 Å². The Labute approximate surface area is 255 Å². The number of rotatable bonds is 22. The van der Waals surface area contributed by atoms with Crippen LogP contribution in [0.15, 0.2) is 49.6 Å². The van der Waals surface area contributed by atoms with E-state index in [4.69, 9.17) is 0 Å². The second-order valence-corrected chi connectivity index (χ2v) is 19.8. The zero-order valence-electron chi connectivity index (χ0n) is 28.2. The average Bonchev–Trinajstić information content (AvgIpc) is 2.82. The summed E-state index contributed by atoms with van der Waals surface area (Å²) in [4.78, 5) is 22.9. The SMILES string of the molecule is C=CC(CCC(=C)C)C(C(=O)O)[Si](C)(C)C.C=CC(CCC(=C)C)C(CCCCCCCCCC(C)(C)C)C(=O)O. The van der Waals surface area contributed by atoms with Gasteiger partial charge in [-0.05, 0) is 69.6 Å². The van der Waals surface area contributed by atoms with Crippen molar-refractivity contribution < 1.29 is 19.8 Å². The monoisotopic (exact) mass is 590 g/mol. The maximum atomic E-state index is 11.6. The van der Waals surface area contributed by atoms with Crippen LogP contribution >= 0.6 is 0 Å². The molecule has 2 N–H and O–H groups in total. The van der Waals surface area contributed by atoms with Crippen molar-refractivity contribution >= 4 is 20.0 Å². The highest BCUT2D eigenvalue weighted by Gasteiger charge is 2.37. The molecule has 0 aromatic rings. The molecule has 0 spiro atoms. The Hall–Kier alpha value is -1.88. The van der Waals surface area contributed by atoms with Crippen LogP contribution in [0.25, 0.3) is 0 Å². The second kappa shape index (κ2) is 21.8. The average molecular weight is 591 g/mol. The minimum atomic E-state index is -1.71. The number of unbranched alkanes of at least 4 members (excludes halogenated alkanes) is 6. The molecule has 0 heterocycles. The summed E-state index contributed by atoms with van der Waals surface area (Å²) in [6.45, 7) is 32.6. The number of hydrogen-bond acceptors (Lipinski definition) is 2. The van der Waals surface area contributed by atoms with Crippen molar-refractivity contribution in [3.05, 3.63) is 49.6 Å². The molecule has 0 fully saturated rings. The molecule has 0 saturated carbocycles. The third-order valence-corrected chi connectivity index (χ3v) is 10.4. The van der Waals surface area contributed by atoms with Gasteiger partial charge in [-0.1, -0.05) is 109 Å². The Balaban J connectivity index is 0. The fraction of sp³-hybridized carbons (Fsp3) is 0.722. The van der Waals surface area contributed by atoms with Crippen molar-refractivity contribution in [2.45, 2.75) is 143 Å². The summed E-state index contributed by atoms with van der Waals surface area (Å²) in [5.74, 6) is -1.50. The maximum Gasteiger partial charge on any atom is 0.307 e. The normalized spacial score (nSPS) is 14.5. The van der Waals surface area contributed by atoms with E-state index >= 15 is 0 Å². The fourth-order valence-electron chi connectivity index (χ4n) is 5.35. The summed E-state index contributed by atoms with van der Waals surface area (Å²) in [5.41, 5.74) is 2.43. The van der Waals surface area contributed by atoms with Gasteiger partial charge in [0.25, 0.3) is 0 Å². The summed E-state index contributed by atoms with van der Waals surface area (Å²) in [7, 11) is -1.71. The number of aliphatic carboxylic acids is 2. The van der Waals surface area contributed by atoms with Gasteiger partial charge in [-0.25, -0.2) is 0 Å². The lowest BCUT2D eigenvalue weighted by atomic mass is 9.84. The van der Waals surface area contributed by atoms with Gasteiger partial charge < -0.3 is 10.2 Å². The molecule has 41 heavy (non-hydrogen) atoms. The Kier molecular flexibility index (Phi) is 21.9. The zero-order valence-corrected chi connectivity index (χ0v) is 29.2. The highest BCUT2D eigenvalue weighted by molar-refractivity contribution is 6.80. The van der Waals surface area contributed by atoms with Crippen LogP contribution < -0.4 is 0 Å². The first kappa shape index (κ1) is 41.3. The Morgan fingerprint density at radius 1 is 0.707 bits per heavy atom. The molecular weight excluding hydrogens is 524 g/mol. The van der Waals surface area contributed by atoms with Crippen LogP contribution in [0.2, 0.25) is 25.2 Å². The molecule has 0 aromatic heterocycles. The Bertz CT molecular complexity index is 799. The molecule has 4 unspecified atom stereocenters. The molecular formula is C36H66O4Si. The number of hydrogen-bond donors (Lipinski definition) is 2. The number of carbonyl (C=O) groups is 2. The largest absolute Gasteiger partial charge is 0.481 e. The minimum Gasteiger partial charge on any atom is -0.481 e. The molecule has 4 nitrogen and oxygen atoms in total. The molecule has 5 heteroatoms. The van der Waals surface area contributed by atoms with Crippen LogP contribution in [0.5, 0.6) is 0 Å².